The van der Waals surface area contributed by atoms with Gasteiger partial charge in [0.2, 0.25) is 10.0 Å². The number of hydrogen-bond donors (Lipinski definition) is 2. The number of thiophene rings is 1. The summed E-state index contributed by atoms with van der Waals surface area (Å²) >= 11 is 0.993. The molecule has 1 aliphatic rings. The molecule has 1 aliphatic carbocycles. The highest BCUT2D eigenvalue weighted by Crippen LogP contribution is 2.23. The van der Waals surface area contributed by atoms with E-state index in [0.29, 0.717) is 4.88 Å². The SMILES string of the molecule is N#Cc1ccc(S(=O)(=O)NC2CCC(N)CC2)s1. The summed E-state index contributed by atoms with van der Waals surface area (Å²) in [6, 6.07) is 5.09. The van der Waals surface area contributed by atoms with E-state index in [1.54, 1.807) is 0 Å². The summed E-state index contributed by atoms with van der Waals surface area (Å²) in [6.45, 7) is 0. The van der Waals surface area contributed by atoms with E-state index < -0.39 is 10.0 Å². The summed E-state index contributed by atoms with van der Waals surface area (Å²) < 4.78 is 27.0. The normalized spacial score (nSPS) is 24.7. The van der Waals surface area contributed by atoms with Crippen molar-refractivity contribution in [3.8, 4) is 6.07 Å². The number of rotatable bonds is 3. The van der Waals surface area contributed by atoms with Crippen LogP contribution in [0.2, 0.25) is 0 Å². The Kier molecular flexibility index (Phi) is 4.02. The van der Waals surface area contributed by atoms with Crippen molar-refractivity contribution in [3.63, 3.8) is 0 Å². The molecule has 7 heteroatoms. The van der Waals surface area contributed by atoms with Crippen LogP contribution >= 0.6 is 11.3 Å². The summed E-state index contributed by atoms with van der Waals surface area (Å²) in [5.74, 6) is 0. The molecule has 98 valence electrons. The average Bonchev–Trinajstić information content (AvgIpc) is 2.81. The third-order valence-electron chi connectivity index (χ3n) is 3.05. The molecule has 0 spiro atoms. The minimum absolute atomic E-state index is 0.0394. The summed E-state index contributed by atoms with van der Waals surface area (Å²) in [7, 11) is -3.49. The van der Waals surface area contributed by atoms with Crippen LogP contribution in [-0.4, -0.2) is 20.5 Å². The average molecular weight is 285 g/mol. The number of nitrogens with zero attached hydrogens (tertiary/aromatic N) is 1. The Morgan fingerprint density at radius 2 is 2.00 bits per heavy atom. The highest BCUT2D eigenvalue weighted by atomic mass is 32.2. The largest absolute Gasteiger partial charge is 0.328 e. The molecule has 0 saturated heterocycles. The van der Waals surface area contributed by atoms with Gasteiger partial charge in [-0.1, -0.05) is 0 Å². The van der Waals surface area contributed by atoms with Crippen molar-refractivity contribution in [2.75, 3.05) is 0 Å². The molecule has 0 unspecified atom stereocenters. The molecular formula is C11H15N3O2S2. The fourth-order valence-electron chi connectivity index (χ4n) is 2.04. The highest BCUT2D eigenvalue weighted by Gasteiger charge is 2.25. The predicted molar refractivity (Wildman–Crippen MR) is 69.6 cm³/mol. The molecule has 18 heavy (non-hydrogen) atoms. The standard InChI is InChI=1S/C11H15N3O2S2/c12-7-10-5-6-11(17-10)18(15,16)14-9-3-1-8(13)2-4-9/h5-6,8-9,14H,1-4,13H2. The second-order valence-electron chi connectivity index (χ2n) is 4.46. The van der Waals surface area contributed by atoms with Crippen LogP contribution in [0, 0.1) is 11.3 Å². The van der Waals surface area contributed by atoms with E-state index in [0.717, 1.165) is 37.0 Å². The van der Waals surface area contributed by atoms with Gasteiger partial charge in [-0.05, 0) is 37.8 Å². The van der Waals surface area contributed by atoms with Crippen molar-refractivity contribution in [2.24, 2.45) is 5.73 Å². The fourth-order valence-corrected chi connectivity index (χ4v) is 4.46. The van der Waals surface area contributed by atoms with Gasteiger partial charge in [0.25, 0.3) is 0 Å². The van der Waals surface area contributed by atoms with Crippen molar-refractivity contribution in [1.82, 2.24) is 4.72 Å². The van der Waals surface area contributed by atoms with Gasteiger partial charge >= 0.3 is 0 Å². The number of nitrogens with one attached hydrogen (secondary N) is 1. The topological polar surface area (TPSA) is 96.0 Å². The molecule has 0 radical (unpaired) electrons. The van der Waals surface area contributed by atoms with E-state index in [-0.39, 0.29) is 16.3 Å². The number of nitrogens with two attached hydrogens (primary N) is 1. The number of hydrogen-bond acceptors (Lipinski definition) is 5. The van der Waals surface area contributed by atoms with Gasteiger partial charge in [-0.3, -0.25) is 0 Å². The molecule has 0 aliphatic heterocycles. The van der Waals surface area contributed by atoms with Gasteiger partial charge < -0.3 is 5.73 Å². The highest BCUT2D eigenvalue weighted by molar-refractivity contribution is 7.91. The second-order valence-corrected chi connectivity index (χ2v) is 7.49. The van der Waals surface area contributed by atoms with Crippen molar-refractivity contribution in [2.45, 2.75) is 42.0 Å². The van der Waals surface area contributed by atoms with E-state index in [2.05, 4.69) is 4.72 Å². The molecule has 0 bridgehead atoms. The van der Waals surface area contributed by atoms with Crippen LogP contribution in [-0.2, 0) is 10.0 Å². The zero-order valence-corrected chi connectivity index (χ0v) is 11.4. The van der Waals surface area contributed by atoms with Gasteiger partial charge in [-0.2, -0.15) is 5.26 Å². The van der Waals surface area contributed by atoms with Crippen LogP contribution in [0.25, 0.3) is 0 Å². The molecule has 1 saturated carbocycles. The lowest BCUT2D eigenvalue weighted by molar-refractivity contribution is 0.374. The number of sulfonamides is 1. The Morgan fingerprint density at radius 3 is 2.56 bits per heavy atom. The molecular weight excluding hydrogens is 270 g/mol. The first-order chi connectivity index (χ1) is 8.51. The third kappa shape index (κ3) is 3.09. The molecule has 1 fully saturated rings. The van der Waals surface area contributed by atoms with Gasteiger partial charge in [0.15, 0.2) is 0 Å². The number of nitriles is 1. The molecule has 0 aromatic carbocycles. The zero-order chi connectivity index (χ0) is 13.2. The Morgan fingerprint density at radius 1 is 1.33 bits per heavy atom. The van der Waals surface area contributed by atoms with Crippen molar-refractivity contribution in [3.05, 3.63) is 17.0 Å². The van der Waals surface area contributed by atoms with Crippen molar-refractivity contribution < 1.29 is 8.42 Å². The molecule has 0 atom stereocenters. The summed E-state index contributed by atoms with van der Waals surface area (Å²) in [6.07, 6.45) is 3.25. The maximum absolute atomic E-state index is 12.1. The predicted octanol–water partition coefficient (Wildman–Crippen LogP) is 1.17. The Bertz CT molecular complexity index is 551. The van der Waals surface area contributed by atoms with Gasteiger partial charge in [0, 0.05) is 12.1 Å². The molecule has 3 N–H and O–H groups in total. The van der Waals surface area contributed by atoms with Gasteiger partial charge in [0.05, 0.1) is 0 Å². The van der Waals surface area contributed by atoms with Crippen LogP contribution in [0.4, 0.5) is 0 Å². The van der Waals surface area contributed by atoms with Crippen LogP contribution < -0.4 is 10.5 Å². The zero-order valence-electron chi connectivity index (χ0n) is 9.80. The van der Waals surface area contributed by atoms with Gasteiger partial charge in [-0.25, -0.2) is 13.1 Å². The smallest absolute Gasteiger partial charge is 0.250 e. The van der Waals surface area contributed by atoms with Crippen molar-refractivity contribution in [1.29, 1.82) is 5.26 Å². The second kappa shape index (κ2) is 5.36. The molecule has 0 amide bonds. The quantitative estimate of drug-likeness (QED) is 0.871. The van der Waals surface area contributed by atoms with Crippen LogP contribution in [0.3, 0.4) is 0 Å². The molecule has 1 aromatic rings. The molecule has 5 nitrogen and oxygen atoms in total. The minimum atomic E-state index is -3.49. The summed E-state index contributed by atoms with van der Waals surface area (Å²) in [4.78, 5) is 0.404. The van der Waals surface area contributed by atoms with Crippen LogP contribution in [0.1, 0.15) is 30.6 Å². The Hall–Kier alpha value is -0.940. The molecule has 1 heterocycles. The van der Waals surface area contributed by atoms with E-state index in [1.807, 2.05) is 6.07 Å². The van der Waals surface area contributed by atoms with Crippen LogP contribution in [0.15, 0.2) is 16.3 Å². The lowest BCUT2D eigenvalue weighted by atomic mass is 9.93. The molecule has 1 aromatic heterocycles. The summed E-state index contributed by atoms with van der Waals surface area (Å²) in [5.41, 5.74) is 5.78. The Balaban J connectivity index is 2.06. The lowest BCUT2D eigenvalue weighted by Crippen LogP contribution is -2.40. The van der Waals surface area contributed by atoms with E-state index in [4.69, 9.17) is 11.0 Å². The minimum Gasteiger partial charge on any atom is -0.328 e. The first-order valence-corrected chi connectivity index (χ1v) is 8.09. The lowest BCUT2D eigenvalue weighted by Gasteiger charge is -2.26. The van der Waals surface area contributed by atoms with Crippen molar-refractivity contribution >= 4 is 21.4 Å². The fraction of sp³-hybridized carbons (Fsp3) is 0.545. The van der Waals surface area contributed by atoms with E-state index >= 15 is 0 Å². The summed E-state index contributed by atoms with van der Waals surface area (Å²) in [5, 5.41) is 8.70. The maximum Gasteiger partial charge on any atom is 0.250 e. The van der Waals surface area contributed by atoms with Crippen LogP contribution in [0.5, 0.6) is 0 Å². The first-order valence-electron chi connectivity index (χ1n) is 5.79. The van der Waals surface area contributed by atoms with E-state index in [1.165, 1.54) is 12.1 Å². The monoisotopic (exact) mass is 285 g/mol. The van der Waals surface area contributed by atoms with E-state index in [9.17, 15) is 8.42 Å². The van der Waals surface area contributed by atoms with Gasteiger partial charge in [0.1, 0.15) is 15.2 Å². The maximum atomic E-state index is 12.1. The van der Waals surface area contributed by atoms with Gasteiger partial charge in [-0.15, -0.1) is 11.3 Å². The third-order valence-corrected chi connectivity index (χ3v) is 6.05. The molecule has 2 rings (SSSR count). The Labute approximate surface area is 111 Å². The first kappa shape index (κ1) is 13.5.